The Labute approximate surface area is 575 Å². The van der Waals surface area contributed by atoms with Crippen molar-refractivity contribution in [3.8, 4) is 0 Å². The minimum absolute atomic E-state index is 0.107. The lowest BCUT2D eigenvalue weighted by Gasteiger charge is -2.21. The second-order valence-electron chi connectivity index (χ2n) is 27.5. The number of carbonyl (C=O) groups is 4. The van der Waals surface area contributed by atoms with Crippen LogP contribution < -0.4 is 0 Å². The standard InChI is InChI=1S/C75H146O17P2/c1-6-9-12-15-18-20-22-24-32-36-39-44-49-54-59-73(78)86-65-71(92-75(80)61-56-51-46-41-37-33-30-28-26-25-27-29-31-34-38-43-47-52-57-68(4)5)67-90-94(83,84)88-63-69(76)62-87-93(81,82)89-66-70(64-85-72(77)58-53-48-42-17-14-11-8-3)91-74(79)60-55-50-45-40-35-23-21-19-16-13-10-7-2/h68-71,76H,6-67H2,1-5H3,(H,81,82)(H,83,84)/t69-,70+,71+/m0/s1. The second-order valence-corrected chi connectivity index (χ2v) is 30.4. The Morgan fingerprint density at radius 1 is 0.287 bits per heavy atom. The number of esters is 4. The van der Waals surface area contributed by atoms with Gasteiger partial charge >= 0.3 is 39.5 Å². The quantitative estimate of drug-likeness (QED) is 0.0222. The van der Waals surface area contributed by atoms with E-state index in [1.54, 1.807) is 0 Å². The molecule has 2 unspecified atom stereocenters. The summed E-state index contributed by atoms with van der Waals surface area (Å²) in [6.45, 7) is 7.28. The third-order valence-corrected chi connectivity index (χ3v) is 19.4. The highest BCUT2D eigenvalue weighted by atomic mass is 31.2. The summed E-state index contributed by atoms with van der Waals surface area (Å²) in [5, 5.41) is 10.6. The molecule has 0 spiro atoms. The van der Waals surface area contributed by atoms with Gasteiger partial charge < -0.3 is 33.8 Å². The summed E-state index contributed by atoms with van der Waals surface area (Å²) in [6.07, 6.45) is 57.0. The monoisotopic (exact) mass is 1380 g/mol. The fourth-order valence-electron chi connectivity index (χ4n) is 11.5. The molecule has 0 saturated carbocycles. The zero-order valence-electron chi connectivity index (χ0n) is 61.1. The van der Waals surface area contributed by atoms with E-state index in [0.717, 1.165) is 109 Å². The predicted octanol–water partition coefficient (Wildman–Crippen LogP) is 22.1. The van der Waals surface area contributed by atoms with Gasteiger partial charge in [-0.3, -0.25) is 37.3 Å². The van der Waals surface area contributed by atoms with Crippen LogP contribution in [-0.4, -0.2) is 96.7 Å². The van der Waals surface area contributed by atoms with Crippen molar-refractivity contribution in [2.24, 2.45) is 5.92 Å². The summed E-state index contributed by atoms with van der Waals surface area (Å²) < 4.78 is 68.4. The number of unbranched alkanes of at least 4 members (excludes halogenated alkanes) is 47. The van der Waals surface area contributed by atoms with Crippen molar-refractivity contribution in [2.45, 2.75) is 412 Å². The molecule has 0 heterocycles. The van der Waals surface area contributed by atoms with Crippen LogP contribution in [0.15, 0.2) is 0 Å². The third-order valence-electron chi connectivity index (χ3n) is 17.5. The maximum Gasteiger partial charge on any atom is 0.472 e. The molecule has 0 aromatic rings. The van der Waals surface area contributed by atoms with Gasteiger partial charge in [0.05, 0.1) is 26.4 Å². The molecule has 0 aromatic heterocycles. The van der Waals surface area contributed by atoms with E-state index in [0.29, 0.717) is 25.7 Å². The van der Waals surface area contributed by atoms with Crippen molar-refractivity contribution >= 4 is 39.5 Å². The molecular formula is C75H146O17P2. The fraction of sp³-hybridized carbons (Fsp3) is 0.947. The van der Waals surface area contributed by atoms with E-state index < -0.39 is 97.5 Å². The van der Waals surface area contributed by atoms with Crippen molar-refractivity contribution in [2.75, 3.05) is 39.6 Å². The number of aliphatic hydroxyl groups excluding tert-OH is 1. The van der Waals surface area contributed by atoms with Crippen molar-refractivity contribution < 1.29 is 80.2 Å². The number of phosphoric acid groups is 2. The van der Waals surface area contributed by atoms with Crippen molar-refractivity contribution in [3.05, 3.63) is 0 Å². The van der Waals surface area contributed by atoms with E-state index in [9.17, 15) is 43.2 Å². The summed E-state index contributed by atoms with van der Waals surface area (Å²) in [4.78, 5) is 72.6. The molecule has 94 heavy (non-hydrogen) atoms. The molecule has 0 aromatic carbocycles. The van der Waals surface area contributed by atoms with Crippen LogP contribution in [0.1, 0.15) is 394 Å². The summed E-state index contributed by atoms with van der Waals surface area (Å²) >= 11 is 0. The van der Waals surface area contributed by atoms with Gasteiger partial charge in [0.25, 0.3) is 0 Å². The highest BCUT2D eigenvalue weighted by Gasteiger charge is 2.30. The number of rotatable bonds is 75. The molecule has 0 aliphatic carbocycles. The number of phosphoric ester groups is 2. The van der Waals surface area contributed by atoms with Crippen LogP contribution in [0.3, 0.4) is 0 Å². The van der Waals surface area contributed by atoms with Gasteiger partial charge in [0.2, 0.25) is 0 Å². The van der Waals surface area contributed by atoms with Crippen molar-refractivity contribution in [1.82, 2.24) is 0 Å². The Balaban J connectivity index is 5.16. The maximum atomic E-state index is 13.1. The van der Waals surface area contributed by atoms with Gasteiger partial charge in [-0.1, -0.05) is 343 Å². The van der Waals surface area contributed by atoms with Gasteiger partial charge in [0.15, 0.2) is 12.2 Å². The van der Waals surface area contributed by atoms with Crippen molar-refractivity contribution in [3.63, 3.8) is 0 Å². The minimum Gasteiger partial charge on any atom is -0.462 e. The van der Waals surface area contributed by atoms with Crippen LogP contribution in [0, 0.1) is 5.92 Å². The second kappa shape index (κ2) is 68.2. The van der Waals surface area contributed by atoms with E-state index in [1.807, 2.05) is 0 Å². The summed E-state index contributed by atoms with van der Waals surface area (Å²) in [7, 11) is -9.90. The number of hydrogen-bond donors (Lipinski definition) is 3. The first kappa shape index (κ1) is 92.1. The van der Waals surface area contributed by atoms with Crippen molar-refractivity contribution in [1.29, 1.82) is 0 Å². The van der Waals surface area contributed by atoms with E-state index in [2.05, 4.69) is 34.6 Å². The first-order valence-electron chi connectivity index (χ1n) is 39.1. The predicted molar refractivity (Wildman–Crippen MR) is 382 cm³/mol. The third kappa shape index (κ3) is 68.6. The first-order chi connectivity index (χ1) is 45.5. The van der Waals surface area contributed by atoms with E-state index in [4.69, 9.17) is 37.0 Å². The SMILES string of the molecule is CCCCCCCCCCCCCCCCC(=O)OC[C@H](COP(=O)(O)OC[C@@H](O)COP(=O)(O)OC[C@@H](COC(=O)CCCCCCCCC)OC(=O)CCCCCCCCCCCCCC)OC(=O)CCCCCCCCCCCCCCCCCCCCC(C)C. The average molecular weight is 1380 g/mol. The van der Waals surface area contributed by atoms with Crippen LogP contribution >= 0.6 is 15.6 Å². The van der Waals surface area contributed by atoms with Crippen LogP contribution in [0.2, 0.25) is 0 Å². The van der Waals surface area contributed by atoms with Gasteiger partial charge in [-0.05, 0) is 31.6 Å². The van der Waals surface area contributed by atoms with Gasteiger partial charge in [0.1, 0.15) is 19.3 Å². The van der Waals surface area contributed by atoms with E-state index in [-0.39, 0.29) is 25.7 Å². The lowest BCUT2D eigenvalue weighted by Crippen LogP contribution is -2.30. The highest BCUT2D eigenvalue weighted by Crippen LogP contribution is 2.45. The van der Waals surface area contributed by atoms with Crippen LogP contribution in [0.5, 0.6) is 0 Å². The molecule has 0 radical (unpaired) electrons. The lowest BCUT2D eigenvalue weighted by atomic mass is 10.0. The molecule has 19 heteroatoms. The summed E-state index contributed by atoms with van der Waals surface area (Å²) in [6, 6.07) is 0. The van der Waals surface area contributed by atoms with Crippen LogP contribution in [0.4, 0.5) is 0 Å². The number of ether oxygens (including phenoxy) is 4. The highest BCUT2D eigenvalue weighted by molar-refractivity contribution is 7.47. The van der Waals surface area contributed by atoms with Gasteiger partial charge in [0, 0.05) is 25.7 Å². The summed E-state index contributed by atoms with van der Waals surface area (Å²) in [5.41, 5.74) is 0. The Kier molecular flexibility index (Phi) is 66.8. The van der Waals surface area contributed by atoms with Gasteiger partial charge in [-0.25, -0.2) is 9.13 Å². The maximum absolute atomic E-state index is 13.1. The smallest absolute Gasteiger partial charge is 0.462 e. The Morgan fingerprint density at radius 2 is 0.489 bits per heavy atom. The molecule has 0 saturated heterocycles. The molecule has 558 valence electrons. The van der Waals surface area contributed by atoms with Gasteiger partial charge in [-0.15, -0.1) is 0 Å². The summed E-state index contributed by atoms with van der Waals surface area (Å²) in [5.74, 6) is -1.30. The molecule has 0 amide bonds. The molecule has 5 atom stereocenters. The largest absolute Gasteiger partial charge is 0.472 e. The number of hydrogen-bond acceptors (Lipinski definition) is 15. The average Bonchev–Trinajstić information content (AvgIpc) is 1.43. The van der Waals surface area contributed by atoms with E-state index >= 15 is 0 Å². The number of aliphatic hydroxyl groups is 1. The van der Waals surface area contributed by atoms with Crippen LogP contribution in [-0.2, 0) is 65.4 Å². The molecule has 0 aliphatic rings. The Hall–Kier alpha value is -1.94. The fourth-order valence-corrected chi connectivity index (χ4v) is 13.1. The molecular weight excluding hydrogens is 1230 g/mol. The van der Waals surface area contributed by atoms with Gasteiger partial charge in [-0.2, -0.15) is 0 Å². The molecule has 17 nitrogen and oxygen atoms in total. The molecule has 3 N–H and O–H groups in total. The molecule has 0 fully saturated rings. The minimum atomic E-state index is -4.95. The van der Waals surface area contributed by atoms with Crippen LogP contribution in [0.25, 0.3) is 0 Å². The zero-order valence-corrected chi connectivity index (χ0v) is 62.9. The molecule has 0 bridgehead atoms. The topological polar surface area (TPSA) is 237 Å². The normalized spacial score (nSPS) is 14.0. The van der Waals surface area contributed by atoms with E-state index in [1.165, 1.54) is 205 Å². The Bertz CT molecular complexity index is 1810. The Morgan fingerprint density at radius 3 is 0.723 bits per heavy atom. The molecule has 0 aliphatic heterocycles. The number of carbonyl (C=O) groups excluding carboxylic acids is 4. The zero-order chi connectivity index (χ0) is 69.1. The lowest BCUT2D eigenvalue weighted by molar-refractivity contribution is -0.161. The molecule has 0 rings (SSSR count). The first-order valence-corrected chi connectivity index (χ1v) is 42.1.